The summed E-state index contributed by atoms with van der Waals surface area (Å²) in [6, 6.07) is 4.08. The first-order chi connectivity index (χ1) is 14.1. The summed E-state index contributed by atoms with van der Waals surface area (Å²) in [6.07, 6.45) is 6.33. The molecule has 2 aliphatic rings. The molecule has 1 saturated heterocycles. The molecule has 7 heteroatoms. The minimum Gasteiger partial charge on any atom is -0.493 e. The highest BCUT2D eigenvalue weighted by Gasteiger charge is 2.24. The number of rotatable bonds is 4. The SMILES string of the molecule is COc1cc2c(cc1OC)CN(c1cnc(C(=O)N3CCC(C)CC3)cn1)CC2. The summed E-state index contributed by atoms with van der Waals surface area (Å²) in [4.78, 5) is 25.7. The van der Waals surface area contributed by atoms with Gasteiger partial charge in [-0.05, 0) is 48.4 Å². The maximum absolute atomic E-state index is 12.7. The van der Waals surface area contributed by atoms with E-state index in [9.17, 15) is 4.79 Å². The van der Waals surface area contributed by atoms with Crippen LogP contribution in [0.15, 0.2) is 24.5 Å². The van der Waals surface area contributed by atoms with E-state index in [-0.39, 0.29) is 5.91 Å². The molecule has 0 saturated carbocycles. The summed E-state index contributed by atoms with van der Waals surface area (Å²) in [6.45, 7) is 5.41. The first kappa shape index (κ1) is 19.5. The van der Waals surface area contributed by atoms with E-state index in [2.05, 4.69) is 27.9 Å². The van der Waals surface area contributed by atoms with Crippen molar-refractivity contribution in [3.8, 4) is 11.5 Å². The number of hydrogen-bond donors (Lipinski definition) is 0. The largest absolute Gasteiger partial charge is 0.493 e. The second-order valence-electron chi connectivity index (χ2n) is 7.88. The van der Waals surface area contributed by atoms with Crippen LogP contribution in [0.25, 0.3) is 0 Å². The lowest BCUT2D eigenvalue weighted by atomic mass is 9.99. The van der Waals surface area contributed by atoms with Gasteiger partial charge < -0.3 is 19.3 Å². The van der Waals surface area contributed by atoms with Crippen LogP contribution < -0.4 is 14.4 Å². The zero-order chi connectivity index (χ0) is 20.4. The first-order valence-corrected chi connectivity index (χ1v) is 10.2. The van der Waals surface area contributed by atoms with Crippen molar-refractivity contribution in [1.82, 2.24) is 14.9 Å². The molecule has 1 fully saturated rings. The monoisotopic (exact) mass is 396 g/mol. The fraction of sp³-hybridized carbons (Fsp3) is 0.500. The Kier molecular flexibility index (Phi) is 5.56. The van der Waals surface area contributed by atoms with Crippen molar-refractivity contribution in [3.05, 3.63) is 41.3 Å². The molecule has 1 aromatic heterocycles. The zero-order valence-corrected chi connectivity index (χ0v) is 17.4. The lowest BCUT2D eigenvalue weighted by molar-refractivity contribution is 0.0691. The Labute approximate surface area is 171 Å². The highest BCUT2D eigenvalue weighted by molar-refractivity contribution is 5.92. The fourth-order valence-corrected chi connectivity index (χ4v) is 4.05. The molecule has 0 bridgehead atoms. The number of nitrogens with zero attached hydrogens (tertiary/aromatic N) is 4. The number of benzene rings is 1. The summed E-state index contributed by atoms with van der Waals surface area (Å²) in [5.41, 5.74) is 2.88. The van der Waals surface area contributed by atoms with Gasteiger partial charge in [0.1, 0.15) is 11.5 Å². The maximum Gasteiger partial charge on any atom is 0.274 e. The molecule has 0 aliphatic carbocycles. The Balaban J connectivity index is 1.47. The molecule has 0 spiro atoms. The number of methoxy groups -OCH3 is 2. The number of fused-ring (bicyclic) bond motifs is 1. The number of hydrogen-bond acceptors (Lipinski definition) is 6. The average molecular weight is 396 g/mol. The Hall–Kier alpha value is -2.83. The third-order valence-corrected chi connectivity index (χ3v) is 5.97. The lowest BCUT2D eigenvalue weighted by Crippen LogP contribution is -2.38. The van der Waals surface area contributed by atoms with Gasteiger partial charge in [0.25, 0.3) is 5.91 Å². The minimum absolute atomic E-state index is 0.0169. The smallest absolute Gasteiger partial charge is 0.274 e. The van der Waals surface area contributed by atoms with Gasteiger partial charge in [0.05, 0.1) is 26.6 Å². The van der Waals surface area contributed by atoms with Gasteiger partial charge >= 0.3 is 0 Å². The molecule has 7 nitrogen and oxygen atoms in total. The highest BCUT2D eigenvalue weighted by atomic mass is 16.5. The van der Waals surface area contributed by atoms with E-state index >= 15 is 0 Å². The molecule has 4 rings (SSSR count). The number of carbonyl (C=O) groups is 1. The predicted molar refractivity (Wildman–Crippen MR) is 111 cm³/mol. The third-order valence-electron chi connectivity index (χ3n) is 5.97. The van der Waals surface area contributed by atoms with Crippen molar-refractivity contribution >= 4 is 11.7 Å². The maximum atomic E-state index is 12.7. The Morgan fingerprint density at radius 2 is 1.69 bits per heavy atom. The number of aromatic nitrogens is 2. The molecule has 154 valence electrons. The van der Waals surface area contributed by atoms with Crippen LogP contribution in [-0.4, -0.2) is 54.6 Å². The predicted octanol–water partition coefficient (Wildman–Crippen LogP) is 2.93. The van der Waals surface area contributed by atoms with Crippen LogP contribution in [-0.2, 0) is 13.0 Å². The van der Waals surface area contributed by atoms with E-state index in [1.807, 2.05) is 11.0 Å². The van der Waals surface area contributed by atoms with Gasteiger partial charge in [-0.2, -0.15) is 0 Å². The van der Waals surface area contributed by atoms with Gasteiger partial charge in [-0.25, -0.2) is 9.97 Å². The number of likely N-dealkylation sites (tertiary alicyclic amines) is 1. The van der Waals surface area contributed by atoms with Gasteiger partial charge in [-0.3, -0.25) is 4.79 Å². The summed E-state index contributed by atoms with van der Waals surface area (Å²) >= 11 is 0. The van der Waals surface area contributed by atoms with Crippen LogP contribution in [0, 0.1) is 5.92 Å². The Morgan fingerprint density at radius 1 is 1.00 bits per heavy atom. The van der Waals surface area contributed by atoms with Gasteiger partial charge in [0.2, 0.25) is 0 Å². The topological polar surface area (TPSA) is 67.8 Å². The third kappa shape index (κ3) is 3.99. The second kappa shape index (κ2) is 8.27. The number of carbonyl (C=O) groups excluding carboxylic acids is 1. The molecule has 0 unspecified atom stereocenters. The molecule has 1 amide bonds. The standard InChI is InChI=1S/C22H28N4O3/c1-15-4-7-25(8-5-15)22(27)18-12-24-21(13-23-18)26-9-6-16-10-19(28-2)20(29-3)11-17(16)14-26/h10-13,15H,4-9,14H2,1-3H3. The van der Waals surface area contributed by atoms with E-state index in [1.54, 1.807) is 26.6 Å². The van der Waals surface area contributed by atoms with Crippen LogP contribution in [0.5, 0.6) is 11.5 Å². The van der Waals surface area contributed by atoms with Crippen LogP contribution in [0.2, 0.25) is 0 Å². The van der Waals surface area contributed by atoms with E-state index in [0.29, 0.717) is 11.6 Å². The molecule has 29 heavy (non-hydrogen) atoms. The summed E-state index contributed by atoms with van der Waals surface area (Å²) in [5, 5.41) is 0. The number of ether oxygens (including phenoxy) is 2. The normalized spacial score (nSPS) is 17.1. The van der Waals surface area contributed by atoms with Crippen molar-refractivity contribution in [1.29, 1.82) is 0 Å². The Bertz CT molecular complexity index is 876. The average Bonchev–Trinajstić information content (AvgIpc) is 2.78. The van der Waals surface area contributed by atoms with E-state index < -0.39 is 0 Å². The summed E-state index contributed by atoms with van der Waals surface area (Å²) in [7, 11) is 3.30. The van der Waals surface area contributed by atoms with E-state index in [4.69, 9.17) is 9.47 Å². The van der Waals surface area contributed by atoms with Crippen molar-refractivity contribution < 1.29 is 14.3 Å². The van der Waals surface area contributed by atoms with Crippen LogP contribution in [0.1, 0.15) is 41.4 Å². The van der Waals surface area contributed by atoms with Gasteiger partial charge in [0, 0.05) is 26.2 Å². The van der Waals surface area contributed by atoms with Crippen LogP contribution in [0.4, 0.5) is 5.82 Å². The molecule has 1 aromatic carbocycles. The quantitative estimate of drug-likeness (QED) is 0.792. The minimum atomic E-state index is -0.0169. The summed E-state index contributed by atoms with van der Waals surface area (Å²) < 4.78 is 10.8. The van der Waals surface area contributed by atoms with E-state index in [1.165, 1.54) is 11.1 Å². The van der Waals surface area contributed by atoms with Gasteiger partial charge in [0.15, 0.2) is 11.5 Å². The van der Waals surface area contributed by atoms with Crippen molar-refractivity contribution in [2.24, 2.45) is 5.92 Å². The van der Waals surface area contributed by atoms with Gasteiger partial charge in [-0.1, -0.05) is 6.92 Å². The highest BCUT2D eigenvalue weighted by Crippen LogP contribution is 2.34. The first-order valence-electron chi connectivity index (χ1n) is 10.2. The molecule has 2 aromatic rings. The second-order valence-corrected chi connectivity index (χ2v) is 7.88. The van der Waals surface area contributed by atoms with Crippen molar-refractivity contribution in [3.63, 3.8) is 0 Å². The molecular formula is C22H28N4O3. The molecule has 0 atom stereocenters. The number of anilines is 1. The number of piperidine rings is 1. The molecular weight excluding hydrogens is 368 g/mol. The van der Waals surface area contributed by atoms with Crippen molar-refractivity contribution in [2.75, 3.05) is 38.8 Å². The Morgan fingerprint density at radius 3 is 2.31 bits per heavy atom. The van der Waals surface area contributed by atoms with E-state index in [0.717, 1.165) is 62.8 Å². The van der Waals surface area contributed by atoms with Gasteiger partial charge in [-0.15, -0.1) is 0 Å². The van der Waals surface area contributed by atoms with Crippen molar-refractivity contribution in [2.45, 2.75) is 32.7 Å². The zero-order valence-electron chi connectivity index (χ0n) is 17.4. The summed E-state index contributed by atoms with van der Waals surface area (Å²) in [5.74, 6) is 2.95. The van der Waals surface area contributed by atoms with Crippen LogP contribution >= 0.6 is 0 Å². The molecule has 0 N–H and O–H groups in total. The number of amides is 1. The molecule has 0 radical (unpaired) electrons. The molecule has 3 heterocycles. The lowest BCUT2D eigenvalue weighted by Gasteiger charge is -2.31. The van der Waals surface area contributed by atoms with Crippen LogP contribution in [0.3, 0.4) is 0 Å². The fourth-order valence-electron chi connectivity index (χ4n) is 4.05. The molecule has 2 aliphatic heterocycles.